The Bertz CT molecular complexity index is 923. The summed E-state index contributed by atoms with van der Waals surface area (Å²) in [6.07, 6.45) is 13.0. The average Bonchev–Trinajstić information content (AvgIpc) is 3.32. The smallest absolute Gasteiger partial charge is 0.251 e. The molecule has 1 amide bonds. The van der Waals surface area contributed by atoms with Gasteiger partial charge >= 0.3 is 0 Å². The number of amides is 1. The largest absolute Gasteiger partial charge is 0.390 e. The lowest BCUT2D eigenvalue weighted by atomic mass is 9.44. The average molecular weight is 442 g/mol. The van der Waals surface area contributed by atoms with Gasteiger partial charge in [-0.25, -0.2) is 0 Å². The maximum Gasteiger partial charge on any atom is 0.251 e. The first-order valence-electron chi connectivity index (χ1n) is 12.6. The van der Waals surface area contributed by atoms with Crippen LogP contribution in [0, 0.1) is 40.4 Å². The van der Waals surface area contributed by atoms with Crippen molar-refractivity contribution < 1.29 is 14.7 Å². The van der Waals surface area contributed by atoms with Crippen molar-refractivity contribution in [2.24, 2.45) is 46.2 Å². The van der Waals surface area contributed by atoms with Crippen LogP contribution in [0.2, 0.25) is 0 Å². The number of rotatable bonds is 4. The summed E-state index contributed by atoms with van der Waals surface area (Å²) in [6, 6.07) is 0. The molecule has 4 aliphatic rings. The fourth-order valence-electron chi connectivity index (χ4n) is 8.81. The van der Waals surface area contributed by atoms with Crippen molar-refractivity contribution in [3.63, 3.8) is 0 Å². The van der Waals surface area contributed by atoms with Crippen LogP contribution in [0.5, 0.6) is 0 Å². The molecule has 1 aromatic heterocycles. The zero-order chi connectivity index (χ0) is 22.9. The van der Waals surface area contributed by atoms with E-state index in [4.69, 9.17) is 5.73 Å². The zero-order valence-corrected chi connectivity index (χ0v) is 19.8. The molecule has 5 rings (SSSR count). The van der Waals surface area contributed by atoms with Crippen LogP contribution in [0.1, 0.15) is 88.9 Å². The van der Waals surface area contributed by atoms with Gasteiger partial charge in [-0.2, -0.15) is 5.10 Å². The Morgan fingerprint density at radius 2 is 1.81 bits per heavy atom. The van der Waals surface area contributed by atoms with Crippen molar-refractivity contribution >= 4 is 11.7 Å². The first-order chi connectivity index (χ1) is 15.0. The molecule has 1 heterocycles. The molecule has 8 atom stereocenters. The molecule has 0 aliphatic heterocycles. The number of carbonyl (C=O) groups excluding carboxylic acids is 2. The zero-order valence-electron chi connectivity index (χ0n) is 19.8. The summed E-state index contributed by atoms with van der Waals surface area (Å²) in [4.78, 5) is 24.7. The van der Waals surface area contributed by atoms with Gasteiger partial charge in [0, 0.05) is 12.1 Å². The first-order valence-corrected chi connectivity index (χ1v) is 12.6. The van der Waals surface area contributed by atoms with Crippen molar-refractivity contribution in [2.45, 2.75) is 90.7 Å². The van der Waals surface area contributed by atoms with Crippen molar-refractivity contribution in [3.05, 3.63) is 18.0 Å². The third kappa shape index (κ3) is 3.36. The molecule has 0 aromatic carbocycles. The highest BCUT2D eigenvalue weighted by Crippen LogP contribution is 2.68. The fraction of sp³-hybridized carbons (Fsp3) is 0.808. The Morgan fingerprint density at radius 3 is 2.53 bits per heavy atom. The second kappa shape index (κ2) is 7.41. The summed E-state index contributed by atoms with van der Waals surface area (Å²) in [5.41, 5.74) is 5.60. The Balaban J connectivity index is 1.32. The van der Waals surface area contributed by atoms with Crippen LogP contribution in [-0.2, 0) is 11.3 Å². The number of carbonyl (C=O) groups is 2. The van der Waals surface area contributed by atoms with Crippen molar-refractivity contribution in [2.75, 3.05) is 0 Å². The monoisotopic (exact) mass is 441 g/mol. The Labute approximate surface area is 191 Å². The van der Waals surface area contributed by atoms with Crippen LogP contribution in [0.3, 0.4) is 0 Å². The number of fused-ring (bicyclic) bond motifs is 5. The lowest BCUT2D eigenvalue weighted by molar-refractivity contribution is -0.151. The van der Waals surface area contributed by atoms with E-state index in [1.165, 1.54) is 25.5 Å². The van der Waals surface area contributed by atoms with Crippen LogP contribution in [0.4, 0.5) is 0 Å². The minimum atomic E-state index is -0.511. The molecule has 176 valence electrons. The van der Waals surface area contributed by atoms with E-state index in [0.29, 0.717) is 28.7 Å². The molecule has 4 aliphatic carbocycles. The number of aliphatic hydroxyl groups is 1. The lowest BCUT2D eigenvalue weighted by Gasteiger charge is -2.61. The summed E-state index contributed by atoms with van der Waals surface area (Å²) >= 11 is 0. The minimum Gasteiger partial charge on any atom is -0.390 e. The highest BCUT2D eigenvalue weighted by molar-refractivity contribution is 5.92. The van der Waals surface area contributed by atoms with Gasteiger partial charge in [-0.3, -0.25) is 14.3 Å². The van der Waals surface area contributed by atoms with Crippen molar-refractivity contribution in [3.8, 4) is 0 Å². The molecule has 3 N–H and O–H groups in total. The van der Waals surface area contributed by atoms with E-state index in [2.05, 4.69) is 18.9 Å². The Kier molecular flexibility index (Phi) is 5.12. The van der Waals surface area contributed by atoms with Gasteiger partial charge in [0.05, 0.1) is 23.9 Å². The molecule has 0 unspecified atom stereocenters. The minimum absolute atomic E-state index is 0.0707. The summed E-state index contributed by atoms with van der Waals surface area (Å²) in [7, 11) is 0. The van der Waals surface area contributed by atoms with Gasteiger partial charge in [0.1, 0.15) is 0 Å². The predicted molar refractivity (Wildman–Crippen MR) is 122 cm³/mol. The van der Waals surface area contributed by atoms with E-state index < -0.39 is 11.5 Å². The molecule has 4 saturated carbocycles. The number of nitrogens with two attached hydrogens (primary N) is 1. The van der Waals surface area contributed by atoms with Crippen molar-refractivity contribution in [1.82, 2.24) is 9.78 Å². The molecule has 4 fully saturated rings. The first kappa shape index (κ1) is 22.1. The number of Topliss-reactive ketones (excluding diaryl/α,β-unsaturated/α-hetero) is 1. The second-order valence-corrected chi connectivity index (χ2v) is 12.3. The molecule has 6 nitrogen and oxygen atoms in total. The summed E-state index contributed by atoms with van der Waals surface area (Å²) in [5.74, 6) is 2.51. The predicted octanol–water partition coefficient (Wildman–Crippen LogP) is 3.96. The fourth-order valence-corrected chi connectivity index (χ4v) is 8.81. The van der Waals surface area contributed by atoms with Crippen LogP contribution < -0.4 is 5.73 Å². The van der Waals surface area contributed by atoms with Crippen LogP contribution in [0.25, 0.3) is 0 Å². The van der Waals surface area contributed by atoms with Gasteiger partial charge in [0.15, 0.2) is 5.78 Å². The molecule has 0 saturated heterocycles. The van der Waals surface area contributed by atoms with E-state index in [1.54, 1.807) is 10.9 Å². The number of ketones is 1. The lowest BCUT2D eigenvalue weighted by Crippen LogP contribution is -2.55. The SMILES string of the molecule is C[C@@]1(O)CC[C@@]2(C)[C@@H](CC[C@@H]3[C@@H]2CC[C@]2(C)[C@@H](C(=O)Cn4cc(C(N)=O)cn4)CC[C@@H]32)C1. The van der Waals surface area contributed by atoms with Gasteiger partial charge in [0.2, 0.25) is 0 Å². The van der Waals surface area contributed by atoms with Crippen LogP contribution >= 0.6 is 0 Å². The summed E-state index contributed by atoms with van der Waals surface area (Å²) < 4.78 is 1.57. The van der Waals surface area contributed by atoms with E-state index >= 15 is 0 Å². The van der Waals surface area contributed by atoms with E-state index in [0.717, 1.165) is 44.4 Å². The third-order valence-corrected chi connectivity index (χ3v) is 10.6. The number of hydrogen-bond donors (Lipinski definition) is 2. The van der Waals surface area contributed by atoms with Gasteiger partial charge in [-0.15, -0.1) is 0 Å². The van der Waals surface area contributed by atoms with Crippen molar-refractivity contribution in [1.29, 1.82) is 0 Å². The number of nitrogens with zero attached hydrogens (tertiary/aromatic N) is 2. The molecular formula is C26H39N3O3. The van der Waals surface area contributed by atoms with Crippen LogP contribution in [0.15, 0.2) is 12.4 Å². The number of hydrogen-bond acceptors (Lipinski definition) is 4. The molecular weight excluding hydrogens is 402 g/mol. The van der Waals surface area contributed by atoms with Gasteiger partial charge < -0.3 is 10.8 Å². The molecule has 1 aromatic rings. The molecule has 0 spiro atoms. The quantitative estimate of drug-likeness (QED) is 0.739. The molecule has 0 radical (unpaired) electrons. The normalized spacial score (nSPS) is 45.6. The molecule has 0 bridgehead atoms. The maximum atomic E-state index is 13.4. The summed E-state index contributed by atoms with van der Waals surface area (Å²) in [6.45, 7) is 7.14. The van der Waals surface area contributed by atoms with Gasteiger partial charge in [-0.05, 0) is 99.2 Å². The van der Waals surface area contributed by atoms with E-state index in [1.807, 2.05) is 6.92 Å². The van der Waals surface area contributed by atoms with E-state index in [-0.39, 0.29) is 23.7 Å². The molecule has 32 heavy (non-hydrogen) atoms. The number of primary amides is 1. The Hall–Kier alpha value is -1.69. The third-order valence-electron chi connectivity index (χ3n) is 10.6. The highest BCUT2D eigenvalue weighted by Gasteiger charge is 2.61. The maximum absolute atomic E-state index is 13.4. The van der Waals surface area contributed by atoms with E-state index in [9.17, 15) is 14.7 Å². The Morgan fingerprint density at radius 1 is 1.06 bits per heavy atom. The van der Waals surface area contributed by atoms with Crippen LogP contribution in [-0.4, -0.2) is 32.2 Å². The van der Waals surface area contributed by atoms with Gasteiger partial charge in [-0.1, -0.05) is 13.8 Å². The second-order valence-electron chi connectivity index (χ2n) is 12.3. The summed E-state index contributed by atoms with van der Waals surface area (Å²) in [5, 5.41) is 14.9. The highest BCUT2D eigenvalue weighted by atomic mass is 16.3. The standard InChI is InChI=1S/C26H39N3O3/c1-24(32)10-11-25(2)17(12-24)4-5-18-19-6-7-21(26(19,3)9-8-20(18)25)22(30)15-29-14-16(13-28-29)23(27)31/h13-14,17-21,32H,4-12,15H2,1-3H3,(H2,27,31)/t17-,18-,19-,20-,21+,24+,25-,26-/m0/s1. The topological polar surface area (TPSA) is 98.2 Å². The van der Waals surface area contributed by atoms with Gasteiger partial charge in [0.25, 0.3) is 5.91 Å². The molecule has 6 heteroatoms. The number of aromatic nitrogens is 2.